The molecule has 0 spiro atoms. The molecule has 1 saturated carbocycles. The third-order valence-corrected chi connectivity index (χ3v) is 4.83. The van der Waals surface area contributed by atoms with E-state index in [9.17, 15) is 14.7 Å². The number of amides is 2. The van der Waals surface area contributed by atoms with Crippen LogP contribution in [0.3, 0.4) is 0 Å². The molecule has 2 rings (SSSR count). The molecule has 0 aromatic rings. The molecular weight excluding hydrogens is 268 g/mol. The van der Waals surface area contributed by atoms with Crippen LogP contribution in [0.15, 0.2) is 0 Å². The Morgan fingerprint density at radius 1 is 1.33 bits per heavy atom. The molecule has 5 heteroatoms. The lowest BCUT2D eigenvalue weighted by Crippen LogP contribution is -2.49. The second kappa shape index (κ2) is 6.24. The number of carboxylic acid groups (broad SMARTS) is 1. The zero-order chi connectivity index (χ0) is 15.6. The summed E-state index contributed by atoms with van der Waals surface area (Å²) in [6.45, 7) is 7.65. The van der Waals surface area contributed by atoms with E-state index < -0.39 is 11.4 Å². The molecule has 0 radical (unpaired) electrons. The first-order valence-electron chi connectivity index (χ1n) is 8.12. The van der Waals surface area contributed by atoms with Gasteiger partial charge in [0.25, 0.3) is 0 Å². The molecule has 1 heterocycles. The minimum Gasteiger partial charge on any atom is -0.481 e. The van der Waals surface area contributed by atoms with E-state index in [1.54, 1.807) is 11.8 Å². The van der Waals surface area contributed by atoms with Gasteiger partial charge in [0.1, 0.15) is 0 Å². The fourth-order valence-electron chi connectivity index (χ4n) is 3.47. The van der Waals surface area contributed by atoms with Crippen molar-refractivity contribution in [2.45, 2.75) is 58.9 Å². The third-order valence-electron chi connectivity index (χ3n) is 4.83. The summed E-state index contributed by atoms with van der Waals surface area (Å²) < 4.78 is 0. The van der Waals surface area contributed by atoms with Gasteiger partial charge in [0, 0.05) is 25.7 Å². The molecule has 1 N–H and O–H groups in total. The summed E-state index contributed by atoms with van der Waals surface area (Å²) in [5.41, 5.74) is -0.783. The van der Waals surface area contributed by atoms with Crippen LogP contribution in [0.4, 0.5) is 4.79 Å². The van der Waals surface area contributed by atoms with Crippen LogP contribution in [0.5, 0.6) is 0 Å². The second-order valence-electron chi connectivity index (χ2n) is 7.30. The van der Waals surface area contributed by atoms with Gasteiger partial charge in [-0.1, -0.05) is 26.7 Å². The van der Waals surface area contributed by atoms with Crippen LogP contribution in [-0.4, -0.2) is 52.6 Å². The van der Waals surface area contributed by atoms with E-state index in [0.29, 0.717) is 31.5 Å². The summed E-state index contributed by atoms with van der Waals surface area (Å²) in [7, 11) is 0. The molecule has 120 valence electrons. The van der Waals surface area contributed by atoms with E-state index in [1.165, 1.54) is 12.8 Å². The van der Waals surface area contributed by atoms with Gasteiger partial charge in [-0.3, -0.25) is 4.79 Å². The van der Waals surface area contributed by atoms with Crippen molar-refractivity contribution in [3.05, 3.63) is 0 Å². The summed E-state index contributed by atoms with van der Waals surface area (Å²) in [6.07, 6.45) is 5.11. The molecule has 1 aliphatic heterocycles. The SMILES string of the molecule is CC(C)CN(C(=O)N1CCC(C)(C(=O)O)C1)C1CCCC1. The molecule has 1 unspecified atom stereocenters. The average molecular weight is 296 g/mol. The number of nitrogens with zero attached hydrogens (tertiary/aromatic N) is 2. The number of hydrogen-bond donors (Lipinski definition) is 1. The predicted octanol–water partition coefficient (Wildman–Crippen LogP) is 2.80. The van der Waals surface area contributed by atoms with E-state index in [2.05, 4.69) is 13.8 Å². The summed E-state index contributed by atoms with van der Waals surface area (Å²) in [5.74, 6) is -0.364. The fraction of sp³-hybridized carbons (Fsp3) is 0.875. The highest BCUT2D eigenvalue weighted by Crippen LogP contribution is 2.32. The molecule has 1 aliphatic carbocycles. The van der Waals surface area contributed by atoms with Crippen LogP contribution in [0.1, 0.15) is 52.9 Å². The van der Waals surface area contributed by atoms with Crippen LogP contribution >= 0.6 is 0 Å². The zero-order valence-corrected chi connectivity index (χ0v) is 13.5. The van der Waals surface area contributed by atoms with Crippen molar-refractivity contribution in [1.29, 1.82) is 0 Å². The Kier molecular flexibility index (Phi) is 4.79. The Morgan fingerprint density at radius 2 is 1.95 bits per heavy atom. The monoisotopic (exact) mass is 296 g/mol. The standard InChI is InChI=1S/C16H28N2O3/c1-12(2)10-18(13-6-4-5-7-13)15(21)17-9-8-16(3,11-17)14(19)20/h12-13H,4-11H2,1-3H3,(H,19,20). The highest BCUT2D eigenvalue weighted by atomic mass is 16.4. The molecular formula is C16H28N2O3. The maximum absolute atomic E-state index is 12.8. The summed E-state index contributed by atoms with van der Waals surface area (Å²) >= 11 is 0. The van der Waals surface area contributed by atoms with Crippen molar-refractivity contribution in [1.82, 2.24) is 9.80 Å². The van der Waals surface area contributed by atoms with Crippen molar-refractivity contribution >= 4 is 12.0 Å². The molecule has 0 aromatic heterocycles. The number of rotatable bonds is 4. The predicted molar refractivity (Wildman–Crippen MR) is 81.1 cm³/mol. The number of likely N-dealkylation sites (tertiary alicyclic amines) is 1. The van der Waals surface area contributed by atoms with E-state index in [4.69, 9.17) is 0 Å². The first kappa shape index (κ1) is 16.1. The van der Waals surface area contributed by atoms with Gasteiger partial charge in [-0.15, -0.1) is 0 Å². The van der Waals surface area contributed by atoms with Crippen molar-refractivity contribution in [2.24, 2.45) is 11.3 Å². The van der Waals surface area contributed by atoms with E-state index in [0.717, 1.165) is 19.4 Å². The summed E-state index contributed by atoms with van der Waals surface area (Å²) in [5, 5.41) is 9.32. The number of carboxylic acids is 1. The topological polar surface area (TPSA) is 60.9 Å². The van der Waals surface area contributed by atoms with E-state index >= 15 is 0 Å². The van der Waals surface area contributed by atoms with Gasteiger partial charge in [-0.25, -0.2) is 4.79 Å². The highest BCUT2D eigenvalue weighted by Gasteiger charge is 2.44. The number of aliphatic carboxylic acids is 1. The Labute approximate surface area is 127 Å². The lowest BCUT2D eigenvalue weighted by Gasteiger charge is -2.34. The van der Waals surface area contributed by atoms with E-state index in [1.807, 2.05) is 4.90 Å². The Morgan fingerprint density at radius 3 is 2.43 bits per heavy atom. The lowest BCUT2D eigenvalue weighted by atomic mass is 9.90. The molecule has 2 amide bonds. The van der Waals surface area contributed by atoms with Crippen LogP contribution < -0.4 is 0 Å². The van der Waals surface area contributed by atoms with Gasteiger partial charge >= 0.3 is 12.0 Å². The first-order valence-corrected chi connectivity index (χ1v) is 8.12. The van der Waals surface area contributed by atoms with Gasteiger partial charge in [-0.05, 0) is 32.1 Å². The van der Waals surface area contributed by atoms with Gasteiger partial charge in [-0.2, -0.15) is 0 Å². The molecule has 0 aromatic carbocycles. The molecule has 2 fully saturated rings. The van der Waals surface area contributed by atoms with Crippen molar-refractivity contribution < 1.29 is 14.7 Å². The van der Waals surface area contributed by atoms with Gasteiger partial charge in [0.05, 0.1) is 5.41 Å². The molecule has 1 saturated heterocycles. The Hall–Kier alpha value is -1.26. The van der Waals surface area contributed by atoms with Crippen molar-refractivity contribution in [3.8, 4) is 0 Å². The van der Waals surface area contributed by atoms with Crippen LogP contribution in [0, 0.1) is 11.3 Å². The minimum atomic E-state index is -0.797. The number of carbonyl (C=O) groups is 2. The van der Waals surface area contributed by atoms with Crippen molar-refractivity contribution in [2.75, 3.05) is 19.6 Å². The quantitative estimate of drug-likeness (QED) is 0.867. The highest BCUT2D eigenvalue weighted by molar-refractivity contribution is 5.79. The average Bonchev–Trinajstić information content (AvgIpc) is 3.05. The first-order chi connectivity index (χ1) is 9.83. The van der Waals surface area contributed by atoms with Gasteiger partial charge in [0.15, 0.2) is 0 Å². The third kappa shape index (κ3) is 3.50. The maximum atomic E-state index is 12.8. The number of carbonyl (C=O) groups excluding carboxylic acids is 1. The molecule has 1 atom stereocenters. The Balaban J connectivity index is 2.06. The van der Waals surface area contributed by atoms with E-state index in [-0.39, 0.29) is 6.03 Å². The van der Waals surface area contributed by atoms with Crippen molar-refractivity contribution in [3.63, 3.8) is 0 Å². The smallest absolute Gasteiger partial charge is 0.320 e. The number of hydrogen-bond acceptors (Lipinski definition) is 2. The normalized spacial score (nSPS) is 26.6. The zero-order valence-electron chi connectivity index (χ0n) is 13.5. The largest absolute Gasteiger partial charge is 0.481 e. The van der Waals surface area contributed by atoms with Crippen LogP contribution in [0.2, 0.25) is 0 Å². The van der Waals surface area contributed by atoms with Gasteiger partial charge < -0.3 is 14.9 Å². The molecule has 5 nitrogen and oxygen atoms in total. The molecule has 2 aliphatic rings. The maximum Gasteiger partial charge on any atom is 0.320 e. The summed E-state index contributed by atoms with van der Waals surface area (Å²) in [6, 6.07) is 0.386. The minimum absolute atomic E-state index is 0.0422. The van der Waals surface area contributed by atoms with Crippen LogP contribution in [-0.2, 0) is 4.79 Å². The van der Waals surface area contributed by atoms with Crippen LogP contribution in [0.25, 0.3) is 0 Å². The molecule has 21 heavy (non-hydrogen) atoms. The summed E-state index contributed by atoms with van der Waals surface area (Å²) in [4.78, 5) is 27.9. The van der Waals surface area contributed by atoms with Gasteiger partial charge in [0.2, 0.25) is 0 Å². The second-order valence-corrected chi connectivity index (χ2v) is 7.30. The lowest BCUT2D eigenvalue weighted by molar-refractivity contribution is -0.147. The number of urea groups is 1. The Bertz CT molecular complexity index is 404. The fourth-order valence-corrected chi connectivity index (χ4v) is 3.47. The molecule has 0 bridgehead atoms.